The molecule has 4 rings (SSSR count). The van der Waals surface area contributed by atoms with Crippen molar-refractivity contribution in [1.82, 2.24) is 10.3 Å². The van der Waals surface area contributed by atoms with E-state index in [0.717, 1.165) is 40.6 Å². The fraction of sp³-hybridized carbons (Fsp3) is 0.308. The Morgan fingerprint density at radius 2 is 2.17 bits per heavy atom. The van der Waals surface area contributed by atoms with Crippen LogP contribution >= 0.6 is 11.6 Å². The molecule has 0 spiro atoms. The minimum absolute atomic E-state index is 0.0313. The van der Waals surface area contributed by atoms with Crippen LogP contribution in [0.3, 0.4) is 0 Å². The molecule has 2 aliphatic rings. The molecular weight excluding hydrogens is 252 g/mol. The van der Waals surface area contributed by atoms with Gasteiger partial charge in [0.15, 0.2) is 0 Å². The number of aromatic amines is 1. The molecule has 0 bridgehead atoms. The number of aromatic nitrogens is 1. The number of fused-ring (bicyclic) bond motifs is 5. The van der Waals surface area contributed by atoms with Gasteiger partial charge in [0.1, 0.15) is 11.4 Å². The lowest BCUT2D eigenvalue weighted by atomic mass is 9.99. The zero-order chi connectivity index (χ0) is 12.3. The Morgan fingerprint density at radius 1 is 1.28 bits per heavy atom. The molecule has 0 saturated heterocycles. The summed E-state index contributed by atoms with van der Waals surface area (Å²) in [6.45, 7) is 1.36. The Kier molecular flexibility index (Phi) is 1.95. The maximum atomic E-state index is 11.8. The SMILES string of the molecule is O=C1NCCc2c1[nH]c1cc(Cl)c3c(c21)CCO3. The first-order valence-corrected chi connectivity index (χ1v) is 6.40. The first-order chi connectivity index (χ1) is 8.75. The third kappa shape index (κ3) is 1.18. The minimum Gasteiger partial charge on any atom is -0.491 e. The topological polar surface area (TPSA) is 54.1 Å². The average molecular weight is 263 g/mol. The van der Waals surface area contributed by atoms with E-state index >= 15 is 0 Å². The molecule has 18 heavy (non-hydrogen) atoms. The smallest absolute Gasteiger partial charge is 0.268 e. The molecule has 5 heteroatoms. The summed E-state index contributed by atoms with van der Waals surface area (Å²) in [5.41, 5.74) is 3.86. The highest BCUT2D eigenvalue weighted by Crippen LogP contribution is 2.41. The van der Waals surface area contributed by atoms with Gasteiger partial charge in [-0.05, 0) is 18.1 Å². The molecular formula is C13H11ClN2O2. The van der Waals surface area contributed by atoms with Gasteiger partial charge in [0.2, 0.25) is 0 Å². The van der Waals surface area contributed by atoms with E-state index in [2.05, 4.69) is 10.3 Å². The quantitative estimate of drug-likeness (QED) is 0.763. The largest absolute Gasteiger partial charge is 0.491 e. The van der Waals surface area contributed by atoms with Crippen molar-refractivity contribution in [3.8, 4) is 5.75 Å². The van der Waals surface area contributed by atoms with E-state index in [9.17, 15) is 4.79 Å². The molecule has 0 radical (unpaired) electrons. The van der Waals surface area contributed by atoms with Gasteiger partial charge in [0.05, 0.1) is 11.6 Å². The average Bonchev–Trinajstić information content (AvgIpc) is 2.93. The molecule has 0 fully saturated rings. The van der Waals surface area contributed by atoms with Gasteiger partial charge in [-0.15, -0.1) is 0 Å². The molecule has 3 heterocycles. The number of carbonyl (C=O) groups is 1. The van der Waals surface area contributed by atoms with Crippen molar-refractivity contribution in [3.05, 3.63) is 27.9 Å². The molecule has 0 aliphatic carbocycles. The lowest BCUT2D eigenvalue weighted by Crippen LogP contribution is -2.31. The molecule has 92 valence electrons. The van der Waals surface area contributed by atoms with Crippen LogP contribution in [0.5, 0.6) is 5.75 Å². The Morgan fingerprint density at radius 3 is 3.06 bits per heavy atom. The number of carbonyl (C=O) groups excluding carboxylic acids is 1. The summed E-state index contributed by atoms with van der Waals surface area (Å²) in [7, 11) is 0. The van der Waals surface area contributed by atoms with E-state index in [-0.39, 0.29) is 5.91 Å². The molecule has 0 atom stereocenters. The number of H-pyrrole nitrogens is 1. The number of hydrogen-bond donors (Lipinski definition) is 2. The van der Waals surface area contributed by atoms with Crippen LogP contribution in [0.25, 0.3) is 10.9 Å². The fourth-order valence-electron chi connectivity index (χ4n) is 2.95. The Hall–Kier alpha value is -1.68. The Labute approximate surface area is 108 Å². The molecule has 1 amide bonds. The normalized spacial score (nSPS) is 17.3. The van der Waals surface area contributed by atoms with Crippen molar-refractivity contribution in [2.24, 2.45) is 0 Å². The van der Waals surface area contributed by atoms with E-state index in [1.54, 1.807) is 0 Å². The van der Waals surface area contributed by atoms with Gasteiger partial charge in [-0.1, -0.05) is 11.6 Å². The summed E-state index contributed by atoms with van der Waals surface area (Å²) in [5.74, 6) is 0.758. The van der Waals surface area contributed by atoms with Crippen molar-refractivity contribution in [3.63, 3.8) is 0 Å². The van der Waals surface area contributed by atoms with Crippen LogP contribution in [0, 0.1) is 0 Å². The van der Waals surface area contributed by atoms with Crippen LogP contribution in [0.2, 0.25) is 5.02 Å². The summed E-state index contributed by atoms with van der Waals surface area (Å²) in [5, 5.41) is 4.60. The van der Waals surface area contributed by atoms with Crippen LogP contribution in [0.1, 0.15) is 21.6 Å². The number of halogens is 1. The lowest BCUT2D eigenvalue weighted by Gasteiger charge is -2.12. The van der Waals surface area contributed by atoms with E-state index in [1.165, 1.54) is 0 Å². The number of ether oxygens (including phenoxy) is 1. The lowest BCUT2D eigenvalue weighted by molar-refractivity contribution is 0.0942. The zero-order valence-electron chi connectivity index (χ0n) is 9.60. The highest BCUT2D eigenvalue weighted by Gasteiger charge is 2.27. The summed E-state index contributed by atoms with van der Waals surface area (Å²) < 4.78 is 5.58. The van der Waals surface area contributed by atoms with Crippen LogP contribution in [0.15, 0.2) is 6.07 Å². The molecule has 0 unspecified atom stereocenters. The predicted molar refractivity (Wildman–Crippen MR) is 68.5 cm³/mol. The third-order valence-corrected chi connectivity index (χ3v) is 3.96. The maximum Gasteiger partial charge on any atom is 0.268 e. The second-order valence-corrected chi connectivity index (χ2v) is 5.08. The number of hydrogen-bond acceptors (Lipinski definition) is 2. The number of rotatable bonds is 0. The third-order valence-electron chi connectivity index (χ3n) is 3.68. The molecule has 2 N–H and O–H groups in total. The van der Waals surface area contributed by atoms with Gasteiger partial charge >= 0.3 is 0 Å². The highest BCUT2D eigenvalue weighted by molar-refractivity contribution is 6.33. The molecule has 1 aromatic heterocycles. The van der Waals surface area contributed by atoms with Crippen molar-refractivity contribution >= 4 is 28.4 Å². The van der Waals surface area contributed by atoms with Gasteiger partial charge in [-0.2, -0.15) is 0 Å². The highest BCUT2D eigenvalue weighted by atomic mass is 35.5. The van der Waals surface area contributed by atoms with Crippen LogP contribution < -0.4 is 10.1 Å². The van der Waals surface area contributed by atoms with Gasteiger partial charge < -0.3 is 15.0 Å². The van der Waals surface area contributed by atoms with Crippen molar-refractivity contribution in [2.75, 3.05) is 13.2 Å². The summed E-state index contributed by atoms with van der Waals surface area (Å²) >= 11 is 6.20. The number of nitrogens with one attached hydrogen (secondary N) is 2. The Bertz CT molecular complexity index is 690. The van der Waals surface area contributed by atoms with Crippen LogP contribution in [-0.2, 0) is 12.8 Å². The first-order valence-electron chi connectivity index (χ1n) is 6.02. The summed E-state index contributed by atoms with van der Waals surface area (Å²) in [6.07, 6.45) is 1.72. The standard InChI is InChI=1S/C13H11ClN2O2/c14-8-5-9-10(7-2-4-18-12(7)8)6-1-3-15-13(17)11(6)16-9/h5,16H,1-4H2,(H,15,17). The van der Waals surface area contributed by atoms with E-state index < -0.39 is 0 Å². The molecule has 0 saturated carbocycles. The van der Waals surface area contributed by atoms with Gasteiger partial charge in [-0.25, -0.2) is 0 Å². The molecule has 4 nitrogen and oxygen atoms in total. The molecule has 1 aromatic carbocycles. The van der Waals surface area contributed by atoms with Crippen molar-refractivity contribution in [2.45, 2.75) is 12.8 Å². The Balaban J connectivity index is 2.13. The first kappa shape index (κ1) is 10.3. The second-order valence-electron chi connectivity index (χ2n) is 4.67. The fourth-order valence-corrected chi connectivity index (χ4v) is 3.22. The van der Waals surface area contributed by atoms with E-state index in [1.807, 2.05) is 6.07 Å². The van der Waals surface area contributed by atoms with Crippen LogP contribution in [0.4, 0.5) is 0 Å². The zero-order valence-corrected chi connectivity index (χ0v) is 10.4. The molecule has 2 aromatic rings. The monoisotopic (exact) mass is 262 g/mol. The maximum absolute atomic E-state index is 11.8. The van der Waals surface area contributed by atoms with E-state index in [0.29, 0.717) is 23.9 Å². The van der Waals surface area contributed by atoms with Crippen LogP contribution in [-0.4, -0.2) is 24.0 Å². The number of benzene rings is 1. The molecule has 2 aliphatic heterocycles. The second kappa shape index (κ2) is 3.42. The van der Waals surface area contributed by atoms with Gasteiger partial charge in [0.25, 0.3) is 5.91 Å². The number of amides is 1. The predicted octanol–water partition coefficient (Wildman–Crippen LogP) is 2.04. The summed E-state index contributed by atoms with van der Waals surface area (Å²) in [4.78, 5) is 15.0. The summed E-state index contributed by atoms with van der Waals surface area (Å²) in [6, 6.07) is 1.85. The van der Waals surface area contributed by atoms with Gasteiger partial charge in [0, 0.05) is 29.4 Å². The van der Waals surface area contributed by atoms with Gasteiger partial charge in [-0.3, -0.25) is 4.79 Å². The van der Waals surface area contributed by atoms with Crippen molar-refractivity contribution in [1.29, 1.82) is 0 Å². The van der Waals surface area contributed by atoms with E-state index in [4.69, 9.17) is 16.3 Å². The minimum atomic E-state index is -0.0313. The van der Waals surface area contributed by atoms with Crippen molar-refractivity contribution < 1.29 is 9.53 Å².